The van der Waals surface area contributed by atoms with Gasteiger partial charge in [0, 0.05) is 12.7 Å². The van der Waals surface area contributed by atoms with E-state index in [1.165, 1.54) is 18.2 Å². The van der Waals surface area contributed by atoms with Gasteiger partial charge in [0.15, 0.2) is 0 Å². The van der Waals surface area contributed by atoms with E-state index in [1.807, 2.05) is 0 Å². The molecule has 1 fully saturated rings. The molecular weight excluding hydrogens is 409 g/mol. The molecule has 0 bridgehead atoms. The van der Waals surface area contributed by atoms with Gasteiger partial charge in [-0.25, -0.2) is 0 Å². The van der Waals surface area contributed by atoms with E-state index >= 15 is 0 Å². The van der Waals surface area contributed by atoms with E-state index in [0.717, 1.165) is 32.0 Å². The second-order valence-corrected chi connectivity index (χ2v) is 6.86. The number of aromatic nitrogens is 2. The fourth-order valence-corrected chi connectivity index (χ4v) is 3.10. The van der Waals surface area contributed by atoms with Gasteiger partial charge in [-0.05, 0) is 44.5 Å². The van der Waals surface area contributed by atoms with Crippen molar-refractivity contribution in [3.05, 3.63) is 47.8 Å². The smallest absolute Gasteiger partial charge is 0.419 e. The number of halogens is 4. The number of rotatable bonds is 6. The highest BCUT2D eigenvalue weighted by Crippen LogP contribution is 2.35. The Hall–Kier alpha value is -2.26. The Balaban J connectivity index is 0.00000300. The first-order valence-electron chi connectivity index (χ1n) is 9.20. The molecule has 6 nitrogen and oxygen atoms in total. The van der Waals surface area contributed by atoms with Crippen molar-refractivity contribution in [2.45, 2.75) is 38.0 Å². The van der Waals surface area contributed by atoms with Gasteiger partial charge in [-0.2, -0.15) is 18.3 Å². The first-order chi connectivity index (χ1) is 13.3. The van der Waals surface area contributed by atoms with Crippen LogP contribution in [0, 0.1) is 0 Å². The van der Waals surface area contributed by atoms with Crippen LogP contribution in [-0.2, 0) is 6.18 Å². The van der Waals surface area contributed by atoms with Gasteiger partial charge in [-0.15, -0.1) is 12.4 Å². The minimum atomic E-state index is -4.50. The number of hydrogen-bond donors (Lipinski definition) is 2. The monoisotopic (exact) mass is 432 g/mol. The van der Waals surface area contributed by atoms with E-state index in [9.17, 15) is 18.0 Å². The van der Waals surface area contributed by atoms with Gasteiger partial charge in [0.2, 0.25) is 0 Å². The van der Waals surface area contributed by atoms with E-state index in [0.29, 0.717) is 0 Å². The largest absolute Gasteiger partial charge is 0.491 e. The maximum atomic E-state index is 13.0. The molecule has 160 valence electrons. The fourth-order valence-electron chi connectivity index (χ4n) is 3.10. The highest BCUT2D eigenvalue weighted by atomic mass is 35.5. The molecule has 10 heteroatoms. The van der Waals surface area contributed by atoms with Crippen molar-refractivity contribution in [1.29, 1.82) is 0 Å². The van der Waals surface area contributed by atoms with E-state index < -0.39 is 17.8 Å². The predicted octanol–water partition coefficient (Wildman–Crippen LogP) is 3.45. The number of alkyl halides is 3. The second kappa shape index (κ2) is 9.98. The van der Waals surface area contributed by atoms with Crippen LogP contribution in [0.4, 0.5) is 13.2 Å². The summed E-state index contributed by atoms with van der Waals surface area (Å²) >= 11 is 0. The van der Waals surface area contributed by atoms with Gasteiger partial charge in [0.25, 0.3) is 5.91 Å². The van der Waals surface area contributed by atoms with Gasteiger partial charge >= 0.3 is 6.18 Å². The quantitative estimate of drug-likeness (QED) is 0.733. The lowest BCUT2D eigenvalue weighted by atomic mass is 10.1. The third-order valence-corrected chi connectivity index (χ3v) is 4.54. The van der Waals surface area contributed by atoms with Crippen LogP contribution in [0.5, 0.6) is 5.75 Å². The molecule has 1 aliphatic rings. The molecule has 0 saturated carbocycles. The number of carbonyl (C=O) groups is 1. The average molecular weight is 433 g/mol. The van der Waals surface area contributed by atoms with E-state index in [4.69, 9.17) is 4.74 Å². The number of carbonyl (C=O) groups excluding carboxylic acids is 1. The maximum Gasteiger partial charge on any atom is 0.419 e. The number of benzene rings is 1. The molecule has 2 N–H and O–H groups in total. The summed E-state index contributed by atoms with van der Waals surface area (Å²) in [6.07, 6.45) is -0.671. The Morgan fingerprint density at radius 3 is 2.83 bits per heavy atom. The highest BCUT2D eigenvalue weighted by molar-refractivity contribution is 5.92. The lowest BCUT2D eigenvalue weighted by Gasteiger charge is -2.22. The van der Waals surface area contributed by atoms with Crippen LogP contribution in [0.3, 0.4) is 0 Å². The second-order valence-electron chi connectivity index (χ2n) is 6.86. The summed E-state index contributed by atoms with van der Waals surface area (Å²) in [5.41, 5.74) is -0.568. The molecule has 2 atom stereocenters. The lowest BCUT2D eigenvalue weighted by Crippen LogP contribution is -2.37. The molecule has 1 aromatic heterocycles. The minimum Gasteiger partial charge on any atom is -0.491 e. The summed E-state index contributed by atoms with van der Waals surface area (Å²) in [6.45, 7) is 3.37. The molecule has 1 saturated heterocycles. The van der Waals surface area contributed by atoms with Crippen LogP contribution in [0.1, 0.15) is 41.9 Å². The van der Waals surface area contributed by atoms with E-state index in [2.05, 4.69) is 15.7 Å². The van der Waals surface area contributed by atoms with Crippen molar-refractivity contribution in [3.8, 4) is 5.75 Å². The van der Waals surface area contributed by atoms with Crippen LogP contribution >= 0.6 is 12.4 Å². The third-order valence-electron chi connectivity index (χ3n) is 4.54. The third kappa shape index (κ3) is 6.11. The van der Waals surface area contributed by atoms with Gasteiger partial charge in [-0.3, -0.25) is 9.48 Å². The molecule has 1 aromatic carbocycles. The molecule has 2 aromatic rings. The molecular formula is C19H24ClF3N4O2. The summed E-state index contributed by atoms with van der Waals surface area (Å²) < 4.78 is 46.1. The number of amides is 1. The van der Waals surface area contributed by atoms with Crippen LogP contribution in [-0.4, -0.2) is 41.4 Å². The van der Waals surface area contributed by atoms with Gasteiger partial charge < -0.3 is 15.4 Å². The van der Waals surface area contributed by atoms with Crippen molar-refractivity contribution in [3.63, 3.8) is 0 Å². The summed E-state index contributed by atoms with van der Waals surface area (Å²) in [6, 6.07) is 6.36. The number of nitrogens with one attached hydrogen (secondary N) is 2. The van der Waals surface area contributed by atoms with Crippen LogP contribution in [0.25, 0.3) is 0 Å². The molecule has 0 aliphatic carbocycles. The Kier molecular flexibility index (Phi) is 7.92. The summed E-state index contributed by atoms with van der Waals surface area (Å²) in [5, 5.41) is 10.3. The van der Waals surface area contributed by atoms with Crippen molar-refractivity contribution in [1.82, 2.24) is 20.4 Å². The highest BCUT2D eigenvalue weighted by Gasteiger charge is 2.34. The zero-order valence-corrected chi connectivity index (χ0v) is 16.7. The number of nitrogens with zero attached hydrogens (tertiary/aromatic N) is 2. The number of para-hydroxylation sites is 1. The summed E-state index contributed by atoms with van der Waals surface area (Å²) in [5.74, 6) is -0.645. The van der Waals surface area contributed by atoms with Crippen LogP contribution in [0.2, 0.25) is 0 Å². The van der Waals surface area contributed by atoms with Gasteiger partial charge in [-0.1, -0.05) is 12.1 Å². The number of piperidine rings is 1. The van der Waals surface area contributed by atoms with Gasteiger partial charge in [0.05, 0.1) is 17.6 Å². The number of ether oxygens (including phenoxy) is 1. The minimum absolute atomic E-state index is 0. The molecule has 2 heterocycles. The first-order valence-corrected chi connectivity index (χ1v) is 9.20. The van der Waals surface area contributed by atoms with Crippen LogP contribution < -0.4 is 15.4 Å². The number of hydrogen-bond acceptors (Lipinski definition) is 4. The molecule has 1 aliphatic heterocycles. The Bertz CT molecular complexity index is 807. The standard InChI is InChI=1S/C19H23F3N4O2.ClH/c1-13(12-28-17-7-3-2-6-15(17)19(20,21)22)24-18(27)16-8-10-26(25-16)14-5-4-9-23-11-14;/h2-3,6-8,10,13-14,23H,4-5,9,11-12H2,1H3,(H,24,27);1H. The average Bonchev–Trinajstić information content (AvgIpc) is 3.17. The zero-order valence-electron chi connectivity index (χ0n) is 15.9. The Morgan fingerprint density at radius 1 is 1.38 bits per heavy atom. The van der Waals surface area contributed by atoms with Crippen molar-refractivity contribution < 1.29 is 22.7 Å². The van der Waals surface area contributed by atoms with Gasteiger partial charge in [0.1, 0.15) is 18.1 Å². The molecule has 3 rings (SSSR count). The van der Waals surface area contributed by atoms with Crippen LogP contribution in [0.15, 0.2) is 36.5 Å². The fraction of sp³-hybridized carbons (Fsp3) is 0.474. The Morgan fingerprint density at radius 2 is 2.14 bits per heavy atom. The first kappa shape index (κ1) is 23.0. The van der Waals surface area contributed by atoms with Crippen molar-refractivity contribution in [2.75, 3.05) is 19.7 Å². The molecule has 2 unspecified atom stereocenters. The lowest BCUT2D eigenvalue weighted by molar-refractivity contribution is -0.139. The van der Waals surface area contributed by atoms with Crippen molar-refractivity contribution >= 4 is 18.3 Å². The predicted molar refractivity (Wildman–Crippen MR) is 104 cm³/mol. The molecule has 29 heavy (non-hydrogen) atoms. The molecule has 0 spiro atoms. The van der Waals surface area contributed by atoms with E-state index in [1.54, 1.807) is 23.9 Å². The summed E-state index contributed by atoms with van der Waals surface area (Å²) in [7, 11) is 0. The van der Waals surface area contributed by atoms with Crippen molar-refractivity contribution in [2.24, 2.45) is 0 Å². The summed E-state index contributed by atoms with van der Waals surface area (Å²) in [4.78, 5) is 12.4. The zero-order chi connectivity index (χ0) is 20.1. The molecule has 1 amide bonds. The van der Waals surface area contributed by atoms with E-state index in [-0.39, 0.29) is 42.4 Å². The Labute approximate surface area is 173 Å². The maximum absolute atomic E-state index is 13.0. The SMILES string of the molecule is CC(COc1ccccc1C(F)(F)F)NC(=O)c1ccn(C2CCCNC2)n1.Cl. The normalized spacial score (nSPS) is 17.9. The molecule has 0 radical (unpaired) electrons. The topological polar surface area (TPSA) is 68.2 Å².